The van der Waals surface area contributed by atoms with Crippen molar-refractivity contribution in [2.24, 2.45) is 11.3 Å². The Morgan fingerprint density at radius 2 is 2.03 bits per heavy atom. The molecule has 1 saturated carbocycles. The van der Waals surface area contributed by atoms with Crippen LogP contribution in [0, 0.1) is 18.3 Å². The molecule has 3 aromatic rings. The summed E-state index contributed by atoms with van der Waals surface area (Å²) in [6.07, 6.45) is 0.312. The highest BCUT2D eigenvalue weighted by Crippen LogP contribution is 2.55. The van der Waals surface area contributed by atoms with Gasteiger partial charge in [0.25, 0.3) is 11.7 Å². The highest BCUT2D eigenvalue weighted by molar-refractivity contribution is 5.91. The first-order chi connectivity index (χ1) is 14.6. The van der Waals surface area contributed by atoms with E-state index in [1.54, 1.807) is 29.4 Å². The number of likely N-dealkylation sites (tertiary alicyclic amines) is 1. The van der Waals surface area contributed by atoms with Crippen LogP contribution in [-0.4, -0.2) is 43.5 Å². The van der Waals surface area contributed by atoms with Gasteiger partial charge in [0.05, 0.1) is 5.56 Å². The van der Waals surface area contributed by atoms with Crippen LogP contribution in [0.1, 0.15) is 53.0 Å². The van der Waals surface area contributed by atoms with Crippen molar-refractivity contribution in [2.45, 2.75) is 38.8 Å². The lowest BCUT2D eigenvalue weighted by molar-refractivity contribution is -0.138. The van der Waals surface area contributed by atoms with Crippen LogP contribution in [0.15, 0.2) is 36.7 Å². The molecule has 3 atom stereocenters. The minimum absolute atomic E-state index is 0.0978. The third-order valence-corrected chi connectivity index (χ3v) is 6.77. The molecule has 2 fully saturated rings. The van der Waals surface area contributed by atoms with E-state index in [2.05, 4.69) is 22.0 Å². The van der Waals surface area contributed by atoms with E-state index in [1.165, 1.54) is 10.6 Å². The minimum atomic E-state index is -4.36. The fourth-order valence-corrected chi connectivity index (χ4v) is 5.31. The maximum Gasteiger partial charge on any atom is 0.416 e. The molecular weight excluding hydrogens is 407 g/mol. The van der Waals surface area contributed by atoms with Gasteiger partial charge in [-0.05, 0) is 54.2 Å². The predicted molar refractivity (Wildman–Crippen MR) is 106 cm³/mol. The number of alkyl halides is 3. The van der Waals surface area contributed by atoms with Gasteiger partial charge in [-0.3, -0.25) is 4.79 Å². The monoisotopic (exact) mass is 429 g/mol. The molecule has 3 heterocycles. The maximum atomic E-state index is 13.5. The molecule has 6 nitrogen and oxygen atoms in total. The van der Waals surface area contributed by atoms with Gasteiger partial charge < -0.3 is 4.90 Å². The lowest BCUT2D eigenvalue weighted by Crippen LogP contribution is -2.32. The summed E-state index contributed by atoms with van der Waals surface area (Å²) in [5.41, 5.74) is 0.498. The second-order valence-electron chi connectivity index (χ2n) is 9.07. The lowest BCUT2D eigenvalue weighted by Gasteiger charge is -2.25. The van der Waals surface area contributed by atoms with E-state index in [0.29, 0.717) is 37.3 Å². The molecule has 0 N–H and O–H groups in total. The number of nitrogens with zero attached hydrogens (tertiary/aromatic N) is 5. The number of aryl methyl sites for hydroxylation is 1. The molecule has 162 valence electrons. The summed E-state index contributed by atoms with van der Waals surface area (Å²) in [6, 6.07) is 5.85. The summed E-state index contributed by atoms with van der Waals surface area (Å²) < 4.78 is 41.9. The number of rotatable bonds is 2. The molecule has 9 heteroatoms. The van der Waals surface area contributed by atoms with Crippen LogP contribution in [-0.2, 0) is 6.18 Å². The quantitative estimate of drug-likeness (QED) is 0.615. The smallest absolute Gasteiger partial charge is 0.335 e. The summed E-state index contributed by atoms with van der Waals surface area (Å²) >= 11 is 0. The van der Waals surface area contributed by atoms with Crippen LogP contribution in [0.25, 0.3) is 5.78 Å². The Morgan fingerprint density at radius 3 is 2.77 bits per heavy atom. The van der Waals surface area contributed by atoms with Crippen LogP contribution in [0.3, 0.4) is 0 Å². The van der Waals surface area contributed by atoms with E-state index < -0.39 is 11.7 Å². The lowest BCUT2D eigenvalue weighted by atomic mass is 9.82. The molecule has 1 aromatic carbocycles. The van der Waals surface area contributed by atoms with Crippen molar-refractivity contribution in [3.63, 3.8) is 0 Å². The van der Waals surface area contributed by atoms with Crippen molar-refractivity contribution in [3.05, 3.63) is 59.2 Å². The maximum absolute atomic E-state index is 13.5. The molecule has 1 unspecified atom stereocenters. The van der Waals surface area contributed by atoms with Gasteiger partial charge in [0, 0.05) is 25.5 Å². The number of aromatic nitrogens is 4. The van der Waals surface area contributed by atoms with Crippen molar-refractivity contribution >= 4 is 11.7 Å². The van der Waals surface area contributed by atoms with E-state index in [9.17, 15) is 18.0 Å². The summed E-state index contributed by atoms with van der Waals surface area (Å²) in [7, 11) is 0. The zero-order valence-electron chi connectivity index (χ0n) is 17.2. The molecule has 0 radical (unpaired) electrons. The third-order valence-electron chi connectivity index (χ3n) is 6.77. The van der Waals surface area contributed by atoms with Crippen molar-refractivity contribution in [1.82, 2.24) is 24.5 Å². The number of hydrogen-bond donors (Lipinski definition) is 0. The first kappa shape index (κ1) is 20.0. The van der Waals surface area contributed by atoms with Crippen molar-refractivity contribution < 1.29 is 18.0 Å². The number of fused-ring (bicyclic) bond motifs is 2. The summed E-state index contributed by atoms with van der Waals surface area (Å²) in [5.74, 6) is 0.181. The highest BCUT2D eigenvalue weighted by atomic mass is 19.4. The van der Waals surface area contributed by atoms with E-state index >= 15 is 0 Å². The van der Waals surface area contributed by atoms with Gasteiger partial charge in [0.15, 0.2) is 0 Å². The summed E-state index contributed by atoms with van der Waals surface area (Å²) in [4.78, 5) is 23.2. The molecule has 1 aliphatic heterocycles. The first-order valence-corrected chi connectivity index (χ1v) is 10.3. The number of benzene rings is 1. The van der Waals surface area contributed by atoms with Crippen molar-refractivity contribution in [2.75, 3.05) is 13.1 Å². The number of halogens is 3. The standard InChI is InChI=1S/C22H22F3N5O/c1-13-9-26-20-27-18(28-30(20)10-13)19(31)29-11-15-7-14(8-21(15,2)12-29)16-5-3-4-6-17(16)22(23,24)25/h3-6,9-10,14-15H,7-8,11-12H2,1-2H3/t14?,15-,21+/m0/s1. The van der Waals surface area contributed by atoms with Crippen LogP contribution in [0.2, 0.25) is 0 Å². The number of carbonyl (C=O) groups is 1. The SMILES string of the molecule is Cc1cnc2nc(C(=O)N3C[C@@H]4CC(c5ccccc5C(F)(F)F)C[C@]4(C)C3)nn2c1. The van der Waals surface area contributed by atoms with Gasteiger partial charge in [0.2, 0.25) is 5.82 Å². The number of hydrogen-bond acceptors (Lipinski definition) is 4. The molecule has 5 rings (SSSR count). The zero-order chi connectivity index (χ0) is 22.0. The van der Waals surface area contributed by atoms with Crippen molar-refractivity contribution in [3.8, 4) is 0 Å². The minimum Gasteiger partial charge on any atom is -0.335 e. The summed E-state index contributed by atoms with van der Waals surface area (Å²) in [5, 5.41) is 4.26. The highest BCUT2D eigenvalue weighted by Gasteiger charge is 2.52. The Labute approximate surface area is 177 Å². The van der Waals surface area contributed by atoms with Crippen LogP contribution in [0.4, 0.5) is 13.2 Å². The van der Waals surface area contributed by atoms with Gasteiger partial charge in [-0.25, -0.2) is 9.50 Å². The average molecular weight is 429 g/mol. The molecule has 0 bridgehead atoms. The Hall–Kier alpha value is -2.97. The zero-order valence-corrected chi connectivity index (χ0v) is 17.2. The third kappa shape index (κ3) is 3.36. The van der Waals surface area contributed by atoms with Gasteiger partial charge in [-0.2, -0.15) is 18.2 Å². The van der Waals surface area contributed by atoms with E-state index in [-0.39, 0.29) is 29.0 Å². The first-order valence-electron chi connectivity index (χ1n) is 10.3. The van der Waals surface area contributed by atoms with Crippen LogP contribution < -0.4 is 0 Å². The van der Waals surface area contributed by atoms with E-state index in [0.717, 1.165) is 11.6 Å². The normalized spacial score (nSPS) is 25.9. The largest absolute Gasteiger partial charge is 0.416 e. The molecule has 1 amide bonds. The molecule has 1 aliphatic carbocycles. The fraction of sp³-hybridized carbons (Fsp3) is 0.455. The van der Waals surface area contributed by atoms with Gasteiger partial charge in [0.1, 0.15) is 0 Å². The Balaban J connectivity index is 1.35. The second-order valence-corrected chi connectivity index (χ2v) is 9.07. The number of amides is 1. The van der Waals surface area contributed by atoms with E-state index in [1.807, 2.05) is 6.92 Å². The Morgan fingerprint density at radius 1 is 1.26 bits per heavy atom. The van der Waals surface area contributed by atoms with Gasteiger partial charge >= 0.3 is 6.18 Å². The second kappa shape index (κ2) is 6.77. The van der Waals surface area contributed by atoms with Crippen LogP contribution in [0.5, 0.6) is 0 Å². The average Bonchev–Trinajstić information content (AvgIpc) is 3.35. The van der Waals surface area contributed by atoms with Crippen molar-refractivity contribution in [1.29, 1.82) is 0 Å². The number of carbonyl (C=O) groups excluding carboxylic acids is 1. The molecular formula is C22H22F3N5O. The van der Waals surface area contributed by atoms with Gasteiger partial charge in [-0.1, -0.05) is 25.1 Å². The fourth-order valence-electron chi connectivity index (χ4n) is 5.31. The van der Waals surface area contributed by atoms with Gasteiger partial charge in [-0.15, -0.1) is 5.10 Å². The predicted octanol–water partition coefficient (Wildman–Crippen LogP) is 4.11. The van der Waals surface area contributed by atoms with E-state index in [4.69, 9.17) is 0 Å². The molecule has 1 saturated heterocycles. The molecule has 31 heavy (non-hydrogen) atoms. The summed E-state index contributed by atoms with van der Waals surface area (Å²) in [6.45, 7) is 4.94. The molecule has 2 aromatic heterocycles. The van der Waals surface area contributed by atoms with Crippen LogP contribution >= 0.6 is 0 Å². The molecule has 0 spiro atoms. The Kier molecular flexibility index (Phi) is 4.36. The molecule has 2 aliphatic rings. The Bertz CT molecular complexity index is 1170. The topological polar surface area (TPSA) is 63.4 Å².